The molecule has 1 aromatic rings. The van der Waals surface area contributed by atoms with E-state index < -0.39 is 5.97 Å². The second-order valence-corrected chi connectivity index (χ2v) is 5.16. The Kier molecular flexibility index (Phi) is 6.02. The lowest BCUT2D eigenvalue weighted by atomic mass is 9.96. The van der Waals surface area contributed by atoms with E-state index in [2.05, 4.69) is 4.90 Å². The molecular weight excluding hydrogens is 270 g/mol. The molecule has 1 aromatic carbocycles. The first-order valence-corrected chi connectivity index (χ1v) is 7.41. The maximum atomic E-state index is 11.3. The highest BCUT2D eigenvalue weighted by molar-refractivity contribution is 5.91. The van der Waals surface area contributed by atoms with Gasteiger partial charge < -0.3 is 19.5 Å². The van der Waals surface area contributed by atoms with E-state index in [0.717, 1.165) is 43.6 Å². The smallest absolute Gasteiger partial charge is 0.336 e. The first-order valence-electron chi connectivity index (χ1n) is 7.41. The number of carbonyl (C=O) groups is 1. The third-order valence-electron chi connectivity index (χ3n) is 3.73. The molecule has 0 spiro atoms. The fourth-order valence-corrected chi connectivity index (χ4v) is 2.74. The number of anilines is 1. The zero-order valence-electron chi connectivity index (χ0n) is 12.5. The number of ether oxygens (including phenoxy) is 2. The van der Waals surface area contributed by atoms with Crippen molar-refractivity contribution in [2.75, 3.05) is 44.9 Å². The molecule has 0 saturated heterocycles. The minimum Gasteiger partial charge on any atom is -0.478 e. The van der Waals surface area contributed by atoms with Gasteiger partial charge in [0.05, 0.1) is 18.8 Å². The van der Waals surface area contributed by atoms with Gasteiger partial charge in [-0.2, -0.15) is 0 Å². The molecule has 0 radical (unpaired) electrons. The average Bonchev–Trinajstić information content (AvgIpc) is 2.50. The number of carboxylic acid groups (broad SMARTS) is 1. The van der Waals surface area contributed by atoms with Gasteiger partial charge in [-0.1, -0.05) is 6.07 Å². The number of nitrogens with zero attached hydrogens (tertiary/aromatic N) is 1. The number of carboxylic acids is 1. The van der Waals surface area contributed by atoms with Crippen molar-refractivity contribution in [3.63, 3.8) is 0 Å². The van der Waals surface area contributed by atoms with Crippen LogP contribution in [-0.2, 0) is 15.9 Å². The summed E-state index contributed by atoms with van der Waals surface area (Å²) in [6.45, 7) is 3.82. The molecule has 0 bridgehead atoms. The van der Waals surface area contributed by atoms with Crippen LogP contribution < -0.4 is 4.90 Å². The summed E-state index contributed by atoms with van der Waals surface area (Å²) in [6.07, 6.45) is 2.78. The van der Waals surface area contributed by atoms with Gasteiger partial charge in [0.15, 0.2) is 0 Å². The summed E-state index contributed by atoms with van der Waals surface area (Å²) in [7, 11) is 1.66. The predicted octanol–water partition coefficient (Wildman–Crippen LogP) is 2.19. The van der Waals surface area contributed by atoms with Crippen molar-refractivity contribution in [3.05, 3.63) is 29.3 Å². The van der Waals surface area contributed by atoms with Gasteiger partial charge in [-0.05, 0) is 37.0 Å². The predicted molar refractivity (Wildman–Crippen MR) is 81.2 cm³/mol. The monoisotopic (exact) mass is 293 g/mol. The standard InChI is InChI=1S/C16H23NO4/c1-20-11-12-21-10-4-9-17-8-3-6-13-14(16(18)19)5-2-7-15(13)17/h2,5,7H,3-4,6,8-12H2,1H3,(H,18,19). The number of methoxy groups -OCH3 is 1. The number of benzene rings is 1. The second-order valence-electron chi connectivity index (χ2n) is 5.16. The van der Waals surface area contributed by atoms with Crippen LogP contribution in [0.1, 0.15) is 28.8 Å². The minimum atomic E-state index is -0.836. The fraction of sp³-hybridized carbons (Fsp3) is 0.562. The SMILES string of the molecule is COCCOCCCN1CCCc2c(C(=O)O)cccc21. The van der Waals surface area contributed by atoms with Crippen molar-refractivity contribution >= 4 is 11.7 Å². The van der Waals surface area contributed by atoms with E-state index >= 15 is 0 Å². The lowest BCUT2D eigenvalue weighted by Crippen LogP contribution is -2.31. The van der Waals surface area contributed by atoms with E-state index in [0.29, 0.717) is 25.4 Å². The summed E-state index contributed by atoms with van der Waals surface area (Å²) in [4.78, 5) is 13.6. The molecule has 0 unspecified atom stereocenters. The van der Waals surface area contributed by atoms with E-state index in [1.165, 1.54) is 0 Å². The van der Waals surface area contributed by atoms with Crippen LogP contribution in [0.4, 0.5) is 5.69 Å². The molecule has 1 heterocycles. The van der Waals surface area contributed by atoms with Crippen LogP contribution >= 0.6 is 0 Å². The van der Waals surface area contributed by atoms with Crippen molar-refractivity contribution < 1.29 is 19.4 Å². The third kappa shape index (κ3) is 4.19. The number of hydrogen-bond acceptors (Lipinski definition) is 4. The van der Waals surface area contributed by atoms with Crippen LogP contribution in [0.25, 0.3) is 0 Å². The Morgan fingerprint density at radius 2 is 2.19 bits per heavy atom. The number of hydrogen-bond donors (Lipinski definition) is 1. The highest BCUT2D eigenvalue weighted by Crippen LogP contribution is 2.29. The molecule has 0 aliphatic carbocycles. The molecule has 21 heavy (non-hydrogen) atoms. The highest BCUT2D eigenvalue weighted by atomic mass is 16.5. The fourth-order valence-electron chi connectivity index (χ4n) is 2.74. The molecule has 1 aliphatic heterocycles. The van der Waals surface area contributed by atoms with Gasteiger partial charge in [-0.15, -0.1) is 0 Å². The Labute approximate surface area is 125 Å². The summed E-state index contributed by atoms with van der Waals surface area (Å²) in [5.74, 6) is -0.836. The van der Waals surface area contributed by atoms with Crippen molar-refractivity contribution in [1.82, 2.24) is 0 Å². The molecule has 1 N–H and O–H groups in total. The number of fused-ring (bicyclic) bond motifs is 1. The molecule has 0 saturated carbocycles. The molecule has 0 atom stereocenters. The Balaban J connectivity index is 1.92. The van der Waals surface area contributed by atoms with Gasteiger partial charge in [0.1, 0.15) is 0 Å². The van der Waals surface area contributed by atoms with Crippen molar-refractivity contribution in [2.24, 2.45) is 0 Å². The largest absolute Gasteiger partial charge is 0.478 e. The van der Waals surface area contributed by atoms with Gasteiger partial charge in [-0.3, -0.25) is 0 Å². The van der Waals surface area contributed by atoms with Crippen LogP contribution in [0.2, 0.25) is 0 Å². The topological polar surface area (TPSA) is 59.0 Å². The zero-order valence-corrected chi connectivity index (χ0v) is 12.5. The Hall–Kier alpha value is -1.59. The number of aromatic carboxylic acids is 1. The Morgan fingerprint density at radius 1 is 1.33 bits per heavy atom. The van der Waals surface area contributed by atoms with Crippen molar-refractivity contribution in [2.45, 2.75) is 19.3 Å². The lowest BCUT2D eigenvalue weighted by molar-refractivity contribution is 0.0694. The average molecular weight is 293 g/mol. The van der Waals surface area contributed by atoms with Gasteiger partial charge in [0, 0.05) is 32.5 Å². The van der Waals surface area contributed by atoms with E-state index in [4.69, 9.17) is 9.47 Å². The first kappa shape index (κ1) is 15.8. The molecule has 0 fully saturated rings. The van der Waals surface area contributed by atoms with Crippen molar-refractivity contribution in [1.29, 1.82) is 0 Å². The minimum absolute atomic E-state index is 0.438. The molecule has 5 nitrogen and oxygen atoms in total. The molecule has 0 amide bonds. The maximum absolute atomic E-state index is 11.3. The molecule has 1 aliphatic rings. The second kappa shape index (κ2) is 8.00. The van der Waals surface area contributed by atoms with Crippen LogP contribution in [0.15, 0.2) is 18.2 Å². The summed E-state index contributed by atoms with van der Waals surface area (Å²) < 4.78 is 10.4. The normalized spacial score (nSPS) is 14.0. The number of rotatable bonds is 8. The molecule has 2 rings (SSSR count). The lowest BCUT2D eigenvalue weighted by Gasteiger charge is -2.32. The third-order valence-corrected chi connectivity index (χ3v) is 3.73. The first-order chi connectivity index (χ1) is 10.2. The summed E-state index contributed by atoms with van der Waals surface area (Å²) >= 11 is 0. The van der Waals surface area contributed by atoms with E-state index in [1.54, 1.807) is 13.2 Å². The quantitative estimate of drug-likeness (QED) is 0.745. The van der Waals surface area contributed by atoms with Crippen LogP contribution in [0, 0.1) is 0 Å². The van der Waals surface area contributed by atoms with E-state index in [1.807, 2.05) is 12.1 Å². The van der Waals surface area contributed by atoms with Crippen LogP contribution in [0.3, 0.4) is 0 Å². The summed E-state index contributed by atoms with van der Waals surface area (Å²) in [6, 6.07) is 5.54. The van der Waals surface area contributed by atoms with Crippen molar-refractivity contribution in [3.8, 4) is 0 Å². The Morgan fingerprint density at radius 3 is 2.95 bits per heavy atom. The highest BCUT2D eigenvalue weighted by Gasteiger charge is 2.21. The zero-order chi connectivity index (χ0) is 15.1. The molecule has 5 heteroatoms. The van der Waals surface area contributed by atoms with E-state index in [-0.39, 0.29) is 0 Å². The maximum Gasteiger partial charge on any atom is 0.336 e. The van der Waals surface area contributed by atoms with Gasteiger partial charge >= 0.3 is 5.97 Å². The van der Waals surface area contributed by atoms with E-state index in [9.17, 15) is 9.90 Å². The Bertz CT molecular complexity index is 475. The van der Waals surface area contributed by atoms with Gasteiger partial charge in [-0.25, -0.2) is 4.79 Å². The molecule has 0 aromatic heterocycles. The van der Waals surface area contributed by atoms with Gasteiger partial charge in [0.25, 0.3) is 0 Å². The van der Waals surface area contributed by atoms with Crippen LogP contribution in [0.5, 0.6) is 0 Å². The summed E-state index contributed by atoms with van der Waals surface area (Å²) in [5.41, 5.74) is 2.48. The van der Waals surface area contributed by atoms with Gasteiger partial charge in [0.2, 0.25) is 0 Å². The molecule has 116 valence electrons. The molecular formula is C16H23NO4. The van der Waals surface area contributed by atoms with Crippen LogP contribution in [-0.4, -0.2) is 51.1 Å². The summed E-state index contributed by atoms with van der Waals surface area (Å²) in [5, 5.41) is 9.27.